The van der Waals surface area contributed by atoms with E-state index in [1.807, 2.05) is 18.2 Å². The molecule has 1 N–H and O–H groups in total. The van der Waals surface area contributed by atoms with Gasteiger partial charge in [0.2, 0.25) is 0 Å². The molecular formula is C14H21F2NO. The van der Waals surface area contributed by atoms with Crippen LogP contribution in [0.15, 0.2) is 30.3 Å². The lowest BCUT2D eigenvalue weighted by Crippen LogP contribution is -2.30. The summed E-state index contributed by atoms with van der Waals surface area (Å²) in [5.74, 6) is 0. The van der Waals surface area contributed by atoms with Crippen molar-refractivity contribution in [1.82, 2.24) is 5.32 Å². The zero-order valence-electron chi connectivity index (χ0n) is 10.7. The average Bonchev–Trinajstić information content (AvgIpc) is 2.37. The minimum Gasteiger partial charge on any atom is -0.374 e. The summed E-state index contributed by atoms with van der Waals surface area (Å²) in [6.07, 6.45) is -0.327. The van der Waals surface area contributed by atoms with Crippen molar-refractivity contribution in [3.05, 3.63) is 35.9 Å². The molecular weight excluding hydrogens is 236 g/mol. The van der Waals surface area contributed by atoms with E-state index in [4.69, 9.17) is 4.74 Å². The minimum absolute atomic E-state index is 0.333. The third-order valence-electron chi connectivity index (χ3n) is 2.69. The highest BCUT2D eigenvalue weighted by Crippen LogP contribution is 2.04. The molecule has 0 saturated carbocycles. The second kappa shape index (κ2) is 9.00. The Morgan fingerprint density at radius 2 is 1.94 bits per heavy atom. The maximum absolute atomic E-state index is 11.8. The summed E-state index contributed by atoms with van der Waals surface area (Å²) >= 11 is 0. The van der Waals surface area contributed by atoms with E-state index in [-0.39, 0.29) is 0 Å². The van der Waals surface area contributed by atoms with Gasteiger partial charge in [-0.1, -0.05) is 30.3 Å². The number of alkyl halides is 2. The molecule has 0 fully saturated rings. The number of halogens is 2. The van der Waals surface area contributed by atoms with Crippen LogP contribution in [0.25, 0.3) is 0 Å². The fourth-order valence-corrected chi connectivity index (χ4v) is 1.68. The molecule has 0 aromatic heterocycles. The van der Waals surface area contributed by atoms with Crippen molar-refractivity contribution in [3.8, 4) is 0 Å². The van der Waals surface area contributed by atoms with Crippen molar-refractivity contribution in [2.45, 2.75) is 32.2 Å². The molecule has 102 valence electrons. The van der Waals surface area contributed by atoms with Gasteiger partial charge in [-0.15, -0.1) is 0 Å². The monoisotopic (exact) mass is 257 g/mol. The van der Waals surface area contributed by atoms with E-state index in [0.717, 1.165) is 12.8 Å². The van der Waals surface area contributed by atoms with Crippen molar-refractivity contribution in [2.24, 2.45) is 0 Å². The number of aryl methyl sites for hydroxylation is 1. The maximum atomic E-state index is 11.8. The third kappa shape index (κ3) is 7.35. The van der Waals surface area contributed by atoms with Crippen LogP contribution in [0.1, 0.15) is 18.9 Å². The molecule has 0 saturated heterocycles. The number of benzene rings is 1. The van der Waals surface area contributed by atoms with Crippen molar-refractivity contribution in [1.29, 1.82) is 0 Å². The predicted molar refractivity (Wildman–Crippen MR) is 69.1 cm³/mol. The molecule has 0 spiro atoms. The molecule has 0 aliphatic carbocycles. The molecule has 1 atom stereocenters. The largest absolute Gasteiger partial charge is 0.374 e. The number of nitrogens with one attached hydrogen (secondary N) is 1. The molecule has 0 aliphatic heterocycles. The lowest BCUT2D eigenvalue weighted by molar-refractivity contribution is 0.0183. The van der Waals surface area contributed by atoms with Gasteiger partial charge in [0, 0.05) is 12.6 Å². The Hall–Kier alpha value is -1.00. The quantitative estimate of drug-likeness (QED) is 0.687. The zero-order valence-corrected chi connectivity index (χ0v) is 10.7. The predicted octanol–water partition coefficient (Wildman–Crippen LogP) is 2.88. The Morgan fingerprint density at radius 3 is 2.61 bits per heavy atom. The second-order valence-electron chi connectivity index (χ2n) is 4.35. The van der Waals surface area contributed by atoms with Crippen LogP contribution in [0.3, 0.4) is 0 Å². The summed E-state index contributed by atoms with van der Waals surface area (Å²) in [7, 11) is 0. The Labute approximate surface area is 107 Å². The molecule has 2 nitrogen and oxygen atoms in total. The first-order valence-electron chi connectivity index (χ1n) is 6.31. The number of ether oxygens (including phenoxy) is 1. The van der Waals surface area contributed by atoms with Gasteiger partial charge in [-0.05, 0) is 25.3 Å². The lowest BCUT2D eigenvalue weighted by Gasteiger charge is -2.13. The highest BCUT2D eigenvalue weighted by atomic mass is 19.3. The summed E-state index contributed by atoms with van der Waals surface area (Å²) < 4.78 is 28.4. The van der Waals surface area contributed by atoms with E-state index in [2.05, 4.69) is 24.4 Å². The zero-order chi connectivity index (χ0) is 13.2. The maximum Gasteiger partial charge on any atom is 0.261 e. The normalized spacial score (nSPS) is 12.9. The van der Waals surface area contributed by atoms with Crippen LogP contribution in [0.5, 0.6) is 0 Å². The minimum atomic E-state index is -2.37. The molecule has 0 radical (unpaired) electrons. The van der Waals surface area contributed by atoms with Crippen LogP contribution >= 0.6 is 0 Å². The third-order valence-corrected chi connectivity index (χ3v) is 2.69. The Morgan fingerprint density at radius 1 is 1.22 bits per heavy atom. The first-order valence-corrected chi connectivity index (χ1v) is 6.31. The molecule has 1 unspecified atom stereocenters. The van der Waals surface area contributed by atoms with Gasteiger partial charge in [0.15, 0.2) is 0 Å². The SMILES string of the molecule is CC(CCc1ccccc1)NCCOCC(F)F. The molecule has 0 bridgehead atoms. The summed E-state index contributed by atoms with van der Waals surface area (Å²) in [5.41, 5.74) is 1.32. The van der Waals surface area contributed by atoms with E-state index in [0.29, 0.717) is 19.2 Å². The van der Waals surface area contributed by atoms with E-state index in [1.54, 1.807) is 0 Å². The summed E-state index contributed by atoms with van der Waals surface area (Å²) in [6.45, 7) is 2.57. The van der Waals surface area contributed by atoms with E-state index in [1.165, 1.54) is 5.56 Å². The Bertz CT molecular complexity index is 306. The number of hydrogen-bond acceptors (Lipinski definition) is 2. The van der Waals surface area contributed by atoms with E-state index >= 15 is 0 Å². The van der Waals surface area contributed by atoms with E-state index < -0.39 is 13.0 Å². The van der Waals surface area contributed by atoms with Crippen molar-refractivity contribution >= 4 is 0 Å². The van der Waals surface area contributed by atoms with Gasteiger partial charge in [0.1, 0.15) is 6.61 Å². The van der Waals surface area contributed by atoms with Gasteiger partial charge in [0.25, 0.3) is 6.43 Å². The van der Waals surface area contributed by atoms with Crippen molar-refractivity contribution in [3.63, 3.8) is 0 Å². The van der Waals surface area contributed by atoms with Crippen molar-refractivity contribution in [2.75, 3.05) is 19.8 Å². The molecule has 18 heavy (non-hydrogen) atoms. The number of hydrogen-bond donors (Lipinski definition) is 1. The summed E-state index contributed by atoms with van der Waals surface area (Å²) in [6, 6.07) is 10.7. The summed E-state index contributed by atoms with van der Waals surface area (Å²) in [5, 5.41) is 3.26. The van der Waals surface area contributed by atoms with Gasteiger partial charge in [0.05, 0.1) is 6.61 Å². The fraction of sp³-hybridized carbons (Fsp3) is 0.571. The van der Waals surface area contributed by atoms with E-state index in [9.17, 15) is 8.78 Å². The smallest absolute Gasteiger partial charge is 0.261 e. The second-order valence-corrected chi connectivity index (χ2v) is 4.35. The van der Waals surface area contributed by atoms with Gasteiger partial charge >= 0.3 is 0 Å². The molecule has 0 aliphatic rings. The lowest BCUT2D eigenvalue weighted by atomic mass is 10.1. The number of rotatable bonds is 9. The van der Waals surface area contributed by atoms with Crippen LogP contribution in [0, 0.1) is 0 Å². The molecule has 0 heterocycles. The first kappa shape index (κ1) is 15.1. The van der Waals surface area contributed by atoms with Crippen LogP contribution in [-0.4, -0.2) is 32.2 Å². The molecule has 0 amide bonds. The van der Waals surface area contributed by atoms with Crippen LogP contribution in [0.2, 0.25) is 0 Å². The topological polar surface area (TPSA) is 21.3 Å². The molecule has 1 aromatic carbocycles. The molecule has 1 aromatic rings. The van der Waals surface area contributed by atoms with Gasteiger partial charge < -0.3 is 10.1 Å². The standard InChI is InChI=1S/C14H21F2NO/c1-12(17-9-10-18-11-14(15)16)7-8-13-5-3-2-4-6-13/h2-6,12,14,17H,7-11H2,1H3. The highest BCUT2D eigenvalue weighted by Gasteiger charge is 2.03. The highest BCUT2D eigenvalue weighted by molar-refractivity contribution is 5.14. The molecule has 4 heteroatoms. The summed E-state index contributed by atoms with van der Waals surface area (Å²) in [4.78, 5) is 0. The fourth-order valence-electron chi connectivity index (χ4n) is 1.68. The van der Waals surface area contributed by atoms with Gasteiger partial charge in [-0.3, -0.25) is 0 Å². The Balaban J connectivity index is 2.02. The average molecular weight is 257 g/mol. The Kier molecular flexibility index (Phi) is 7.53. The van der Waals surface area contributed by atoms with Crippen LogP contribution in [-0.2, 0) is 11.2 Å². The van der Waals surface area contributed by atoms with Crippen LogP contribution in [0.4, 0.5) is 8.78 Å². The first-order chi connectivity index (χ1) is 8.68. The van der Waals surface area contributed by atoms with Gasteiger partial charge in [-0.2, -0.15) is 0 Å². The van der Waals surface area contributed by atoms with Gasteiger partial charge in [-0.25, -0.2) is 8.78 Å². The molecule has 1 rings (SSSR count). The van der Waals surface area contributed by atoms with Crippen LogP contribution < -0.4 is 5.32 Å². The van der Waals surface area contributed by atoms with Crippen molar-refractivity contribution < 1.29 is 13.5 Å².